The van der Waals surface area contributed by atoms with Gasteiger partial charge in [-0.2, -0.15) is 0 Å². The zero-order valence-electron chi connectivity index (χ0n) is 11.8. The Morgan fingerprint density at radius 1 is 1.36 bits per heavy atom. The van der Waals surface area contributed by atoms with Crippen LogP contribution in [-0.2, 0) is 21.3 Å². The van der Waals surface area contributed by atoms with Crippen molar-refractivity contribution in [3.63, 3.8) is 0 Å². The molecule has 0 fully saturated rings. The minimum atomic E-state index is -3.92. The van der Waals surface area contributed by atoms with Crippen LogP contribution < -0.4 is 16.5 Å². The summed E-state index contributed by atoms with van der Waals surface area (Å²) < 4.78 is 40.3. The molecule has 0 aliphatic heterocycles. The number of guanidine groups is 1. The van der Waals surface area contributed by atoms with Gasteiger partial charge in [0.15, 0.2) is 0 Å². The first-order valence-electron chi connectivity index (χ1n) is 6.15. The maximum absolute atomic E-state index is 13.1. The maximum Gasteiger partial charge on any atom is 0.346 e. The Labute approximate surface area is 127 Å². The van der Waals surface area contributed by atoms with E-state index in [2.05, 4.69) is 4.99 Å². The van der Waals surface area contributed by atoms with Crippen molar-refractivity contribution in [1.29, 1.82) is 0 Å². The summed E-state index contributed by atoms with van der Waals surface area (Å²) in [6.07, 6.45) is 3.55. The van der Waals surface area contributed by atoms with Crippen LogP contribution in [0.5, 0.6) is 0 Å². The molecule has 9 heteroatoms. The van der Waals surface area contributed by atoms with Crippen LogP contribution >= 0.6 is 0 Å². The number of rotatable bonds is 1. The third-order valence-corrected chi connectivity index (χ3v) is 2.65. The van der Waals surface area contributed by atoms with Crippen molar-refractivity contribution >= 4 is 27.6 Å². The molecule has 0 radical (unpaired) electrons. The van der Waals surface area contributed by atoms with E-state index in [1.54, 1.807) is 6.07 Å². The maximum atomic E-state index is 13.1. The van der Waals surface area contributed by atoms with Gasteiger partial charge in [-0.1, -0.05) is 6.07 Å². The fourth-order valence-corrected chi connectivity index (χ4v) is 1.96. The first-order valence-corrected chi connectivity index (χ1v) is 7.97. The summed E-state index contributed by atoms with van der Waals surface area (Å²) in [5.41, 5.74) is 13.0. The van der Waals surface area contributed by atoms with E-state index in [-0.39, 0.29) is 11.8 Å². The highest BCUT2D eigenvalue weighted by Gasteiger charge is 2.17. The SMILES string of the molecule is CS(=O)(=O)[O-].NC(N)=[NH+]C(=O)/C=C1\CCc2ccc(F)cc21. The van der Waals surface area contributed by atoms with Crippen molar-refractivity contribution in [2.75, 3.05) is 6.26 Å². The van der Waals surface area contributed by atoms with Gasteiger partial charge in [-0.05, 0) is 41.7 Å². The number of allylic oxidation sites excluding steroid dienone is 1. The summed E-state index contributed by atoms with van der Waals surface area (Å²) in [7, 11) is -3.92. The smallest absolute Gasteiger partial charge is 0.346 e. The third-order valence-electron chi connectivity index (χ3n) is 2.65. The van der Waals surface area contributed by atoms with E-state index in [1.807, 2.05) is 0 Å². The van der Waals surface area contributed by atoms with Crippen molar-refractivity contribution in [3.05, 3.63) is 41.2 Å². The lowest BCUT2D eigenvalue weighted by Gasteiger charge is -1.99. The first kappa shape index (κ1) is 17.8. The number of hydrogen-bond acceptors (Lipinski definition) is 4. The summed E-state index contributed by atoms with van der Waals surface area (Å²) in [6, 6.07) is 4.61. The summed E-state index contributed by atoms with van der Waals surface area (Å²) in [5, 5.41) is 0. The Hall–Kier alpha value is -2.26. The first-order chi connectivity index (χ1) is 10.1. The zero-order valence-corrected chi connectivity index (χ0v) is 12.6. The average molecular weight is 329 g/mol. The molecule has 0 saturated heterocycles. The molecule has 1 aliphatic rings. The third kappa shape index (κ3) is 6.46. The quantitative estimate of drug-likeness (QED) is 0.240. The van der Waals surface area contributed by atoms with Crippen LogP contribution in [0.25, 0.3) is 5.57 Å². The molecule has 1 amide bonds. The van der Waals surface area contributed by atoms with Crippen LogP contribution in [0.1, 0.15) is 17.5 Å². The fourth-order valence-electron chi connectivity index (χ4n) is 1.96. The predicted molar refractivity (Wildman–Crippen MR) is 77.7 cm³/mol. The molecule has 5 N–H and O–H groups in total. The lowest BCUT2D eigenvalue weighted by Crippen LogP contribution is -2.81. The van der Waals surface area contributed by atoms with E-state index in [0.717, 1.165) is 29.5 Å². The van der Waals surface area contributed by atoms with E-state index < -0.39 is 16.0 Å². The summed E-state index contributed by atoms with van der Waals surface area (Å²) in [6.45, 7) is 0. The van der Waals surface area contributed by atoms with Crippen LogP contribution in [0.2, 0.25) is 0 Å². The van der Waals surface area contributed by atoms with Crippen LogP contribution in [0.3, 0.4) is 0 Å². The number of benzene rings is 1. The van der Waals surface area contributed by atoms with Gasteiger partial charge in [0.05, 0.1) is 10.1 Å². The monoisotopic (exact) mass is 329 g/mol. The molecule has 1 aliphatic carbocycles. The molecule has 0 spiro atoms. The van der Waals surface area contributed by atoms with E-state index in [9.17, 15) is 9.18 Å². The number of carbonyl (C=O) groups is 1. The molecule has 0 heterocycles. The largest absolute Gasteiger partial charge is 0.748 e. The van der Waals surface area contributed by atoms with E-state index in [0.29, 0.717) is 6.26 Å². The van der Waals surface area contributed by atoms with Crippen molar-refractivity contribution in [2.45, 2.75) is 12.8 Å². The minimum Gasteiger partial charge on any atom is -0.748 e. The zero-order chi connectivity index (χ0) is 16.9. The second-order valence-corrected chi connectivity index (χ2v) is 6.03. The van der Waals surface area contributed by atoms with Gasteiger partial charge >= 0.3 is 11.9 Å². The Bertz CT molecular complexity index is 730. The fraction of sp³-hybridized carbons (Fsp3) is 0.231. The van der Waals surface area contributed by atoms with Crippen molar-refractivity contribution < 1.29 is 27.1 Å². The number of nitrogens with two attached hydrogens (primary N) is 2. The molecule has 2 rings (SSSR count). The van der Waals surface area contributed by atoms with Gasteiger partial charge in [0.1, 0.15) is 5.82 Å². The van der Waals surface area contributed by atoms with Gasteiger partial charge in [0.2, 0.25) is 0 Å². The topological polar surface area (TPSA) is 140 Å². The molecule has 22 heavy (non-hydrogen) atoms. The van der Waals surface area contributed by atoms with E-state index in [4.69, 9.17) is 24.4 Å². The van der Waals surface area contributed by atoms with E-state index in [1.165, 1.54) is 18.2 Å². The highest BCUT2D eigenvalue weighted by atomic mass is 32.2. The van der Waals surface area contributed by atoms with Crippen molar-refractivity contribution in [1.82, 2.24) is 0 Å². The number of aryl methyl sites for hydroxylation is 1. The standard InChI is InChI=1S/C12H12FN3O.CH4O3S/c13-9-4-3-7-1-2-8(10(7)6-9)5-11(17)16-12(14)15;1-5(2,3)4/h3-6H,1-2H2,(H4,14,15,16,17);1H3,(H,2,3,4)/b8-5+;. The summed E-state index contributed by atoms with van der Waals surface area (Å²) in [4.78, 5) is 13.7. The van der Waals surface area contributed by atoms with Crippen LogP contribution in [0.4, 0.5) is 4.39 Å². The normalized spacial score (nSPS) is 14.8. The average Bonchev–Trinajstić information content (AvgIpc) is 2.68. The van der Waals surface area contributed by atoms with Gasteiger partial charge in [-0.25, -0.2) is 17.8 Å². The molecule has 7 nitrogen and oxygen atoms in total. The van der Waals surface area contributed by atoms with Gasteiger partial charge in [0, 0.05) is 12.3 Å². The molecule has 1 aromatic rings. The minimum absolute atomic E-state index is 0.149. The Kier molecular flexibility index (Phi) is 5.77. The van der Waals surface area contributed by atoms with Crippen molar-refractivity contribution in [3.8, 4) is 0 Å². The number of carbonyl (C=O) groups excluding carboxylic acids is 1. The second-order valence-electron chi connectivity index (χ2n) is 4.62. The molecule has 120 valence electrons. The van der Waals surface area contributed by atoms with Crippen LogP contribution in [0.15, 0.2) is 24.3 Å². The molecular weight excluding hydrogens is 313 g/mol. The molecule has 0 unspecified atom stereocenters. The lowest BCUT2D eigenvalue weighted by molar-refractivity contribution is -0.372. The Balaban J connectivity index is 0.000000422. The van der Waals surface area contributed by atoms with Crippen LogP contribution in [-0.4, -0.2) is 31.1 Å². The molecule has 0 atom stereocenters. The number of nitrogens with one attached hydrogen (secondary N) is 1. The Morgan fingerprint density at radius 3 is 2.50 bits per heavy atom. The van der Waals surface area contributed by atoms with Gasteiger partial charge in [-0.3, -0.25) is 16.3 Å². The summed E-state index contributed by atoms with van der Waals surface area (Å²) in [5.74, 6) is -0.844. The number of halogens is 1. The van der Waals surface area contributed by atoms with E-state index >= 15 is 0 Å². The molecular formula is C13H16FN3O4S. The number of amides is 1. The Morgan fingerprint density at radius 2 is 1.95 bits per heavy atom. The molecule has 0 aromatic heterocycles. The highest BCUT2D eigenvalue weighted by Crippen LogP contribution is 2.32. The van der Waals surface area contributed by atoms with Crippen molar-refractivity contribution in [2.24, 2.45) is 11.5 Å². The molecule has 0 saturated carbocycles. The van der Waals surface area contributed by atoms with Gasteiger partial charge in [-0.15, -0.1) is 0 Å². The number of fused-ring (bicyclic) bond motifs is 1. The van der Waals surface area contributed by atoms with Crippen LogP contribution in [0, 0.1) is 5.82 Å². The number of hydrogen-bond donors (Lipinski definition) is 3. The molecule has 1 aromatic carbocycles. The highest BCUT2D eigenvalue weighted by molar-refractivity contribution is 7.84. The second kappa shape index (κ2) is 7.14. The van der Waals surface area contributed by atoms with Gasteiger partial charge in [0.25, 0.3) is 0 Å². The van der Waals surface area contributed by atoms with Gasteiger partial charge < -0.3 is 4.55 Å². The summed E-state index contributed by atoms with van der Waals surface area (Å²) >= 11 is 0. The predicted octanol–water partition coefficient (Wildman–Crippen LogP) is -1.80. The lowest BCUT2D eigenvalue weighted by atomic mass is 10.1. The molecule has 0 bridgehead atoms.